The number of carbonyl (C=O) groups is 1. The highest BCUT2D eigenvalue weighted by Gasteiger charge is 2.29. The molecule has 1 aliphatic carbocycles. The van der Waals surface area contributed by atoms with Gasteiger partial charge in [-0.1, -0.05) is 0 Å². The van der Waals surface area contributed by atoms with Crippen molar-refractivity contribution in [3.05, 3.63) is 29.1 Å². The van der Waals surface area contributed by atoms with E-state index in [0.717, 1.165) is 31.4 Å². The Balaban J connectivity index is 2.44. The van der Waals surface area contributed by atoms with Crippen LogP contribution in [0.1, 0.15) is 35.2 Å². The summed E-state index contributed by atoms with van der Waals surface area (Å²) in [7, 11) is -2.37. The maximum absolute atomic E-state index is 14.1. The summed E-state index contributed by atoms with van der Waals surface area (Å²) in [6.45, 7) is 1.41. The Labute approximate surface area is 117 Å². The third-order valence-corrected chi connectivity index (χ3v) is 4.62. The van der Waals surface area contributed by atoms with E-state index in [1.165, 1.54) is 11.8 Å². The largest absolute Gasteiger partial charge is 0.339 e. The van der Waals surface area contributed by atoms with E-state index in [4.69, 9.17) is 5.14 Å². The van der Waals surface area contributed by atoms with Gasteiger partial charge in [-0.3, -0.25) is 4.79 Å². The van der Waals surface area contributed by atoms with Gasteiger partial charge < -0.3 is 4.90 Å². The van der Waals surface area contributed by atoms with Crippen molar-refractivity contribution < 1.29 is 17.6 Å². The normalized spacial score (nSPS) is 15.8. The monoisotopic (exact) mass is 300 g/mol. The molecule has 0 radical (unpaired) electrons. The number of amides is 1. The molecule has 0 spiro atoms. The molecule has 0 bridgehead atoms. The van der Waals surface area contributed by atoms with Gasteiger partial charge >= 0.3 is 0 Å². The number of hydrogen-bond donors (Lipinski definition) is 1. The molecular formula is C13H17FN2O3S. The lowest BCUT2D eigenvalue weighted by atomic mass is 9.91. The van der Waals surface area contributed by atoms with E-state index in [-0.39, 0.29) is 22.1 Å². The first kappa shape index (κ1) is 14.9. The van der Waals surface area contributed by atoms with E-state index in [1.807, 2.05) is 0 Å². The Kier molecular flexibility index (Phi) is 3.84. The number of hydrogen-bond acceptors (Lipinski definition) is 3. The van der Waals surface area contributed by atoms with Crippen molar-refractivity contribution in [2.24, 2.45) is 5.14 Å². The third-order valence-electron chi connectivity index (χ3n) is 3.73. The van der Waals surface area contributed by atoms with E-state index >= 15 is 0 Å². The van der Waals surface area contributed by atoms with Gasteiger partial charge in [-0.15, -0.1) is 0 Å². The second-order valence-electron chi connectivity index (χ2n) is 5.15. The van der Waals surface area contributed by atoms with E-state index < -0.39 is 21.7 Å². The van der Waals surface area contributed by atoms with Crippen LogP contribution in [0.3, 0.4) is 0 Å². The SMILES string of the molecule is Cc1cc(S(N)(=O)=O)cc(C(=O)N(C)C2CCC2)c1F. The summed E-state index contributed by atoms with van der Waals surface area (Å²) < 4.78 is 36.8. The molecule has 20 heavy (non-hydrogen) atoms. The van der Waals surface area contributed by atoms with Crippen molar-refractivity contribution in [2.45, 2.75) is 37.1 Å². The first-order chi connectivity index (χ1) is 9.21. The highest BCUT2D eigenvalue weighted by molar-refractivity contribution is 7.89. The molecule has 1 amide bonds. The third kappa shape index (κ3) is 2.69. The Morgan fingerprint density at radius 1 is 1.40 bits per heavy atom. The van der Waals surface area contributed by atoms with Gasteiger partial charge in [0.2, 0.25) is 10.0 Å². The zero-order chi connectivity index (χ0) is 15.1. The highest BCUT2D eigenvalue weighted by Crippen LogP contribution is 2.26. The minimum absolute atomic E-state index is 0.0851. The number of aryl methyl sites for hydroxylation is 1. The van der Waals surface area contributed by atoms with Gasteiger partial charge in [0, 0.05) is 13.1 Å². The van der Waals surface area contributed by atoms with Gasteiger partial charge in [0.15, 0.2) is 0 Å². The summed E-state index contributed by atoms with van der Waals surface area (Å²) in [6, 6.07) is 2.24. The highest BCUT2D eigenvalue weighted by atomic mass is 32.2. The van der Waals surface area contributed by atoms with Gasteiger partial charge in [0.1, 0.15) is 5.82 Å². The van der Waals surface area contributed by atoms with E-state index in [9.17, 15) is 17.6 Å². The molecule has 1 fully saturated rings. The average Bonchev–Trinajstić information content (AvgIpc) is 2.27. The van der Waals surface area contributed by atoms with Crippen LogP contribution in [-0.4, -0.2) is 32.3 Å². The summed E-state index contributed by atoms with van der Waals surface area (Å²) in [4.78, 5) is 13.5. The molecule has 5 nitrogen and oxygen atoms in total. The summed E-state index contributed by atoms with van der Waals surface area (Å²) in [5.41, 5.74) is -0.162. The maximum Gasteiger partial charge on any atom is 0.256 e. The lowest BCUT2D eigenvalue weighted by Crippen LogP contribution is -2.41. The maximum atomic E-state index is 14.1. The van der Waals surface area contributed by atoms with Crippen LogP contribution in [0.25, 0.3) is 0 Å². The molecule has 7 heteroatoms. The molecular weight excluding hydrogens is 283 g/mol. The smallest absolute Gasteiger partial charge is 0.256 e. The molecule has 2 N–H and O–H groups in total. The van der Waals surface area contributed by atoms with Crippen LogP contribution >= 0.6 is 0 Å². The standard InChI is InChI=1S/C13H17FN2O3S/c1-8-6-10(20(15,18)19)7-11(12(8)14)13(17)16(2)9-4-3-5-9/h6-7,9H,3-5H2,1-2H3,(H2,15,18,19). The van der Waals surface area contributed by atoms with Crippen LogP contribution < -0.4 is 5.14 Å². The van der Waals surface area contributed by atoms with Gasteiger partial charge in [-0.2, -0.15) is 0 Å². The topological polar surface area (TPSA) is 80.5 Å². The predicted molar refractivity (Wildman–Crippen MR) is 72.2 cm³/mol. The van der Waals surface area contributed by atoms with Crippen LogP contribution in [-0.2, 0) is 10.0 Å². The van der Waals surface area contributed by atoms with Crippen LogP contribution in [0.15, 0.2) is 17.0 Å². The van der Waals surface area contributed by atoms with Crippen molar-refractivity contribution in [2.75, 3.05) is 7.05 Å². The minimum Gasteiger partial charge on any atom is -0.339 e. The predicted octanol–water partition coefficient (Wildman–Crippen LogP) is 1.41. The summed E-state index contributed by atoms with van der Waals surface area (Å²) in [5, 5.41) is 5.04. The molecule has 0 heterocycles. The summed E-state index contributed by atoms with van der Waals surface area (Å²) >= 11 is 0. The van der Waals surface area contributed by atoms with E-state index in [1.54, 1.807) is 7.05 Å². The number of nitrogens with zero attached hydrogens (tertiary/aromatic N) is 1. The van der Waals surface area contributed by atoms with Crippen molar-refractivity contribution in [3.63, 3.8) is 0 Å². The number of nitrogens with two attached hydrogens (primary N) is 1. The fraction of sp³-hybridized carbons (Fsp3) is 0.462. The minimum atomic E-state index is -3.97. The summed E-state index contributed by atoms with van der Waals surface area (Å²) in [6.07, 6.45) is 2.82. The van der Waals surface area contributed by atoms with Crippen molar-refractivity contribution >= 4 is 15.9 Å². The van der Waals surface area contributed by atoms with Gasteiger partial charge in [-0.05, 0) is 43.9 Å². The van der Waals surface area contributed by atoms with Crippen LogP contribution in [0.2, 0.25) is 0 Å². The fourth-order valence-electron chi connectivity index (χ4n) is 2.19. The zero-order valence-electron chi connectivity index (χ0n) is 11.4. The molecule has 0 unspecified atom stereocenters. The first-order valence-electron chi connectivity index (χ1n) is 6.32. The van der Waals surface area contributed by atoms with Crippen LogP contribution in [0.4, 0.5) is 4.39 Å². The lowest BCUT2D eigenvalue weighted by molar-refractivity contribution is 0.0647. The zero-order valence-corrected chi connectivity index (χ0v) is 12.2. The van der Waals surface area contributed by atoms with Crippen LogP contribution in [0, 0.1) is 12.7 Å². The second-order valence-corrected chi connectivity index (χ2v) is 6.71. The molecule has 1 aliphatic rings. The Morgan fingerprint density at radius 2 is 2.00 bits per heavy atom. The van der Waals surface area contributed by atoms with Gasteiger partial charge in [-0.25, -0.2) is 17.9 Å². The van der Waals surface area contributed by atoms with Crippen molar-refractivity contribution in [1.82, 2.24) is 4.90 Å². The van der Waals surface area contributed by atoms with E-state index in [2.05, 4.69) is 0 Å². The van der Waals surface area contributed by atoms with Gasteiger partial charge in [0.25, 0.3) is 5.91 Å². The second kappa shape index (κ2) is 5.14. The molecule has 2 rings (SSSR count). The first-order valence-corrected chi connectivity index (χ1v) is 7.86. The number of halogens is 1. The van der Waals surface area contributed by atoms with Gasteiger partial charge in [0.05, 0.1) is 10.5 Å². The summed E-state index contributed by atoms with van der Waals surface area (Å²) in [5.74, 6) is -1.21. The average molecular weight is 300 g/mol. The molecule has 1 saturated carbocycles. The van der Waals surface area contributed by atoms with E-state index in [0.29, 0.717) is 0 Å². The van der Waals surface area contributed by atoms with Crippen molar-refractivity contribution in [3.8, 4) is 0 Å². The Bertz CT molecular complexity index is 654. The Hall–Kier alpha value is -1.47. The number of primary sulfonamides is 1. The number of benzene rings is 1. The molecule has 0 atom stereocenters. The van der Waals surface area contributed by atoms with Crippen LogP contribution in [0.5, 0.6) is 0 Å². The molecule has 1 aromatic rings. The molecule has 0 aromatic heterocycles. The lowest BCUT2D eigenvalue weighted by Gasteiger charge is -2.34. The fourth-order valence-corrected chi connectivity index (χ4v) is 2.81. The van der Waals surface area contributed by atoms with Crippen molar-refractivity contribution in [1.29, 1.82) is 0 Å². The molecule has 0 aliphatic heterocycles. The molecule has 0 saturated heterocycles. The molecule has 1 aromatic carbocycles. The molecule has 110 valence electrons. The number of sulfonamides is 1. The Morgan fingerprint density at radius 3 is 2.45 bits per heavy atom. The number of rotatable bonds is 3. The number of carbonyl (C=O) groups excluding carboxylic acids is 1. The quantitative estimate of drug-likeness (QED) is 0.916.